The van der Waals surface area contributed by atoms with E-state index in [1.165, 1.54) is 16.8 Å². The molecule has 0 bridgehead atoms. The van der Waals surface area contributed by atoms with Crippen molar-refractivity contribution < 1.29 is 8.78 Å². The van der Waals surface area contributed by atoms with Gasteiger partial charge in [-0.05, 0) is 31.0 Å². The molecule has 1 aromatic heterocycles. The number of aromatic nitrogens is 2. The molecule has 0 saturated heterocycles. The summed E-state index contributed by atoms with van der Waals surface area (Å²) in [5, 5.41) is 3.07. The summed E-state index contributed by atoms with van der Waals surface area (Å²) in [6.45, 7) is 0. The Hall–Kier alpha value is -1.49. The number of aromatic amines is 1. The lowest BCUT2D eigenvalue weighted by Gasteiger charge is -2.04. The van der Waals surface area contributed by atoms with E-state index in [1.807, 2.05) is 6.07 Å². The van der Waals surface area contributed by atoms with Gasteiger partial charge in [-0.15, -0.1) is 0 Å². The van der Waals surface area contributed by atoms with Crippen LogP contribution in [0.25, 0.3) is 5.69 Å². The minimum atomic E-state index is -0.620. The van der Waals surface area contributed by atoms with E-state index in [9.17, 15) is 8.78 Å². The number of nitrogens with one attached hydrogen (secondary N) is 1. The fourth-order valence-electron chi connectivity index (χ4n) is 1.86. The van der Waals surface area contributed by atoms with E-state index in [0.29, 0.717) is 10.6 Å². The van der Waals surface area contributed by atoms with Gasteiger partial charge in [-0.2, -0.15) is 0 Å². The van der Waals surface area contributed by atoms with Crippen molar-refractivity contribution in [2.45, 2.75) is 18.8 Å². The van der Waals surface area contributed by atoms with Crippen molar-refractivity contribution in [3.05, 3.63) is 46.2 Å². The van der Waals surface area contributed by atoms with Gasteiger partial charge in [0.05, 0.1) is 5.69 Å². The third kappa shape index (κ3) is 1.91. The van der Waals surface area contributed by atoms with Crippen molar-refractivity contribution in [3.63, 3.8) is 0 Å². The molecule has 88 valence electrons. The third-order valence-electron chi connectivity index (χ3n) is 2.91. The maximum atomic E-state index is 13.6. The lowest BCUT2D eigenvalue weighted by Crippen LogP contribution is -2.00. The molecule has 1 fully saturated rings. The zero-order chi connectivity index (χ0) is 12.0. The standard InChI is InChI=1S/C12H10F2N2S/c13-8-3-4-11(9(14)5-8)16-12(17)6-10(15-16)7-1-2-7/h3-7,15H,1-2H2. The van der Waals surface area contributed by atoms with E-state index in [4.69, 9.17) is 12.2 Å². The molecule has 1 aliphatic rings. The molecular weight excluding hydrogens is 242 g/mol. The lowest BCUT2D eigenvalue weighted by molar-refractivity contribution is 0.572. The number of hydrogen-bond donors (Lipinski definition) is 1. The maximum Gasteiger partial charge on any atom is 0.151 e. The monoisotopic (exact) mass is 252 g/mol. The first-order valence-electron chi connectivity index (χ1n) is 5.42. The molecule has 1 aromatic carbocycles. The van der Waals surface area contributed by atoms with Gasteiger partial charge < -0.3 is 0 Å². The predicted molar refractivity (Wildman–Crippen MR) is 62.8 cm³/mol. The van der Waals surface area contributed by atoms with Crippen LogP contribution in [0.1, 0.15) is 24.5 Å². The molecule has 0 radical (unpaired) electrons. The molecule has 1 aliphatic carbocycles. The fourth-order valence-corrected chi connectivity index (χ4v) is 2.13. The average molecular weight is 252 g/mol. The molecule has 2 aromatic rings. The Labute approximate surface area is 102 Å². The van der Waals surface area contributed by atoms with E-state index in [1.54, 1.807) is 0 Å². The van der Waals surface area contributed by atoms with Crippen molar-refractivity contribution in [2.24, 2.45) is 0 Å². The van der Waals surface area contributed by atoms with Crippen LogP contribution in [0, 0.1) is 16.3 Å². The second kappa shape index (κ2) is 3.77. The van der Waals surface area contributed by atoms with E-state index in [0.717, 1.165) is 24.6 Å². The third-order valence-corrected chi connectivity index (χ3v) is 3.21. The van der Waals surface area contributed by atoms with Crippen LogP contribution < -0.4 is 0 Å². The number of rotatable bonds is 2. The molecule has 1 N–H and O–H groups in total. The highest BCUT2D eigenvalue weighted by molar-refractivity contribution is 7.71. The first-order chi connectivity index (χ1) is 8.15. The first-order valence-corrected chi connectivity index (χ1v) is 5.83. The van der Waals surface area contributed by atoms with E-state index < -0.39 is 11.6 Å². The van der Waals surface area contributed by atoms with Crippen LogP contribution in [0.4, 0.5) is 8.78 Å². The molecule has 0 unspecified atom stereocenters. The minimum absolute atomic E-state index is 0.253. The van der Waals surface area contributed by atoms with Crippen molar-refractivity contribution >= 4 is 12.2 Å². The molecule has 1 heterocycles. The van der Waals surface area contributed by atoms with Crippen LogP contribution in [0.15, 0.2) is 24.3 Å². The summed E-state index contributed by atoms with van der Waals surface area (Å²) < 4.78 is 28.4. The van der Waals surface area contributed by atoms with Crippen LogP contribution in [0.5, 0.6) is 0 Å². The second-order valence-corrected chi connectivity index (χ2v) is 4.67. The highest BCUT2D eigenvalue weighted by Gasteiger charge is 2.25. The Morgan fingerprint density at radius 2 is 2.00 bits per heavy atom. The zero-order valence-electron chi connectivity index (χ0n) is 8.91. The van der Waals surface area contributed by atoms with Crippen molar-refractivity contribution in [3.8, 4) is 5.69 Å². The van der Waals surface area contributed by atoms with Crippen LogP contribution in [0.2, 0.25) is 0 Å². The SMILES string of the molecule is Fc1ccc(-n2[nH]c(C3CC3)cc2=S)c(F)c1. The van der Waals surface area contributed by atoms with E-state index in [-0.39, 0.29) is 5.69 Å². The highest BCUT2D eigenvalue weighted by Crippen LogP contribution is 2.39. The normalized spacial score (nSPS) is 15.2. The molecule has 0 aliphatic heterocycles. The molecular formula is C12H10F2N2S. The second-order valence-electron chi connectivity index (χ2n) is 4.26. The smallest absolute Gasteiger partial charge is 0.151 e. The van der Waals surface area contributed by atoms with Gasteiger partial charge >= 0.3 is 0 Å². The Morgan fingerprint density at radius 1 is 1.24 bits per heavy atom. The molecule has 0 amide bonds. The van der Waals surface area contributed by atoms with Crippen LogP contribution >= 0.6 is 12.2 Å². The van der Waals surface area contributed by atoms with Crippen LogP contribution in [-0.2, 0) is 0 Å². The van der Waals surface area contributed by atoms with Gasteiger partial charge in [-0.3, -0.25) is 5.10 Å². The summed E-state index contributed by atoms with van der Waals surface area (Å²) in [6.07, 6.45) is 2.28. The highest BCUT2D eigenvalue weighted by atomic mass is 32.1. The van der Waals surface area contributed by atoms with Gasteiger partial charge in [-0.1, -0.05) is 12.2 Å². The van der Waals surface area contributed by atoms with E-state index in [2.05, 4.69) is 5.10 Å². The average Bonchev–Trinajstić information content (AvgIpc) is 3.04. The van der Waals surface area contributed by atoms with Crippen LogP contribution in [0.3, 0.4) is 0 Å². The van der Waals surface area contributed by atoms with Gasteiger partial charge in [0.15, 0.2) is 5.82 Å². The lowest BCUT2D eigenvalue weighted by atomic mass is 10.3. The molecule has 0 spiro atoms. The number of H-pyrrole nitrogens is 1. The summed E-state index contributed by atoms with van der Waals surface area (Å²) in [4.78, 5) is 0. The van der Waals surface area contributed by atoms with Gasteiger partial charge in [0.1, 0.15) is 10.5 Å². The summed E-state index contributed by atoms with van der Waals surface area (Å²) in [5.74, 6) is -0.696. The summed E-state index contributed by atoms with van der Waals surface area (Å²) >= 11 is 5.17. The number of nitrogens with zero attached hydrogens (tertiary/aromatic N) is 1. The van der Waals surface area contributed by atoms with Crippen LogP contribution in [-0.4, -0.2) is 9.78 Å². The Kier molecular flexibility index (Phi) is 2.36. The summed E-state index contributed by atoms with van der Waals surface area (Å²) in [6, 6.07) is 5.30. The predicted octanol–water partition coefficient (Wildman–Crippen LogP) is 3.69. The first kappa shape index (κ1) is 10.7. The molecule has 2 nitrogen and oxygen atoms in total. The van der Waals surface area contributed by atoms with Crippen molar-refractivity contribution in [1.29, 1.82) is 0 Å². The quantitative estimate of drug-likeness (QED) is 0.808. The van der Waals surface area contributed by atoms with Crippen molar-refractivity contribution in [1.82, 2.24) is 9.78 Å². The fraction of sp³-hybridized carbons (Fsp3) is 0.250. The van der Waals surface area contributed by atoms with Crippen molar-refractivity contribution in [2.75, 3.05) is 0 Å². The zero-order valence-corrected chi connectivity index (χ0v) is 9.73. The van der Waals surface area contributed by atoms with E-state index >= 15 is 0 Å². The Morgan fingerprint density at radius 3 is 2.65 bits per heavy atom. The van der Waals surface area contributed by atoms with Gasteiger partial charge in [0.2, 0.25) is 0 Å². The molecule has 3 rings (SSSR count). The molecule has 5 heteroatoms. The van der Waals surface area contributed by atoms with Gasteiger partial charge in [0, 0.05) is 17.7 Å². The Balaban J connectivity index is 2.11. The Bertz CT molecular complexity index is 626. The molecule has 17 heavy (non-hydrogen) atoms. The minimum Gasteiger partial charge on any atom is -0.297 e. The van der Waals surface area contributed by atoms with Gasteiger partial charge in [0.25, 0.3) is 0 Å². The largest absolute Gasteiger partial charge is 0.297 e. The van der Waals surface area contributed by atoms with Gasteiger partial charge in [-0.25, -0.2) is 13.5 Å². The topological polar surface area (TPSA) is 20.7 Å². The number of benzene rings is 1. The summed E-state index contributed by atoms with van der Waals surface area (Å²) in [7, 11) is 0. The number of halogens is 2. The maximum absolute atomic E-state index is 13.6. The molecule has 1 saturated carbocycles. The number of hydrogen-bond acceptors (Lipinski definition) is 1. The summed E-state index contributed by atoms with van der Waals surface area (Å²) in [5.41, 5.74) is 1.28. The molecule has 0 atom stereocenters.